The van der Waals surface area contributed by atoms with Crippen LogP contribution in [0.2, 0.25) is 5.02 Å². The summed E-state index contributed by atoms with van der Waals surface area (Å²) in [4.78, 5) is 15.6. The molecule has 0 fully saturated rings. The van der Waals surface area contributed by atoms with Gasteiger partial charge >= 0.3 is 5.97 Å². The van der Waals surface area contributed by atoms with Gasteiger partial charge in [0.05, 0.1) is 17.1 Å². The number of hydrogen-bond donors (Lipinski definition) is 0. The van der Waals surface area contributed by atoms with Crippen molar-refractivity contribution in [3.8, 4) is 11.6 Å². The Morgan fingerprint density at radius 3 is 2.67 bits per heavy atom. The zero-order valence-electron chi connectivity index (χ0n) is 11.7. The van der Waals surface area contributed by atoms with E-state index < -0.39 is 5.97 Å². The molecule has 4 nitrogen and oxygen atoms in total. The molecule has 1 heterocycles. The molecule has 0 spiro atoms. The number of pyridine rings is 1. The van der Waals surface area contributed by atoms with E-state index >= 15 is 0 Å². The summed E-state index contributed by atoms with van der Waals surface area (Å²) in [5.74, 6) is 0.558. The molecule has 0 atom stereocenters. The van der Waals surface area contributed by atoms with Crippen molar-refractivity contribution in [1.82, 2.24) is 4.98 Å². The Morgan fingerprint density at radius 2 is 2.05 bits per heavy atom. The van der Waals surface area contributed by atoms with Crippen molar-refractivity contribution >= 4 is 33.5 Å². The number of aromatic nitrogens is 1. The minimum Gasteiger partial charge on any atom is -0.465 e. The Bertz CT molecular complexity index is 704. The lowest BCUT2D eigenvalue weighted by molar-refractivity contribution is 0.0600. The fourth-order valence-electron chi connectivity index (χ4n) is 1.79. The quantitative estimate of drug-likeness (QED) is 0.735. The molecule has 0 aliphatic rings. The van der Waals surface area contributed by atoms with Gasteiger partial charge in [0, 0.05) is 16.8 Å². The van der Waals surface area contributed by atoms with Crippen molar-refractivity contribution in [2.24, 2.45) is 0 Å². The summed E-state index contributed by atoms with van der Waals surface area (Å²) in [6, 6.07) is 5.30. The SMILES string of the molecule is COC(=O)c1cnc(Oc2c(C)ccc(Cl)c2C)c(Br)c1. The number of methoxy groups -OCH3 is 1. The van der Waals surface area contributed by atoms with Crippen LogP contribution in [0.15, 0.2) is 28.9 Å². The summed E-state index contributed by atoms with van der Waals surface area (Å²) >= 11 is 9.45. The molecule has 6 heteroatoms. The van der Waals surface area contributed by atoms with Gasteiger partial charge in [-0.05, 0) is 47.5 Å². The maximum Gasteiger partial charge on any atom is 0.339 e. The topological polar surface area (TPSA) is 48.4 Å². The van der Waals surface area contributed by atoms with E-state index in [1.54, 1.807) is 6.07 Å². The number of ether oxygens (including phenoxy) is 2. The summed E-state index contributed by atoms with van der Waals surface area (Å²) in [6.45, 7) is 3.80. The molecular weight excluding hydrogens is 358 g/mol. The van der Waals surface area contributed by atoms with Gasteiger partial charge in [-0.3, -0.25) is 0 Å². The average Bonchev–Trinajstić information content (AvgIpc) is 2.48. The minimum absolute atomic E-state index is 0.344. The minimum atomic E-state index is -0.454. The third kappa shape index (κ3) is 3.36. The molecule has 0 saturated heterocycles. The number of halogens is 2. The zero-order valence-corrected chi connectivity index (χ0v) is 14.1. The third-order valence-electron chi connectivity index (χ3n) is 2.96. The molecule has 1 aromatic heterocycles. The van der Waals surface area contributed by atoms with Crippen LogP contribution in [0.5, 0.6) is 11.6 Å². The first-order valence-electron chi connectivity index (χ1n) is 6.11. The molecule has 0 aliphatic carbocycles. The molecule has 0 saturated carbocycles. The smallest absolute Gasteiger partial charge is 0.339 e. The van der Waals surface area contributed by atoms with E-state index in [9.17, 15) is 4.79 Å². The van der Waals surface area contributed by atoms with Gasteiger partial charge in [-0.1, -0.05) is 17.7 Å². The molecule has 2 rings (SSSR count). The van der Waals surface area contributed by atoms with Crippen molar-refractivity contribution in [1.29, 1.82) is 0 Å². The maximum absolute atomic E-state index is 11.4. The number of nitrogens with zero attached hydrogens (tertiary/aromatic N) is 1. The summed E-state index contributed by atoms with van der Waals surface area (Å²) in [6.07, 6.45) is 1.40. The zero-order chi connectivity index (χ0) is 15.6. The summed E-state index contributed by atoms with van der Waals surface area (Å²) in [5, 5.41) is 0.623. The molecule has 2 aromatic rings. The summed E-state index contributed by atoms with van der Waals surface area (Å²) < 4.78 is 11.0. The van der Waals surface area contributed by atoms with Gasteiger partial charge in [0.1, 0.15) is 5.75 Å². The predicted molar refractivity (Wildman–Crippen MR) is 84.3 cm³/mol. The van der Waals surface area contributed by atoms with Crippen LogP contribution < -0.4 is 4.74 Å². The van der Waals surface area contributed by atoms with Gasteiger partial charge in [0.15, 0.2) is 0 Å². The second-order valence-corrected chi connectivity index (χ2v) is 5.68. The fraction of sp³-hybridized carbons (Fsp3) is 0.200. The van der Waals surface area contributed by atoms with Gasteiger partial charge in [-0.25, -0.2) is 9.78 Å². The first kappa shape index (κ1) is 15.8. The standard InChI is InChI=1S/C15H13BrClNO3/c1-8-4-5-12(17)9(2)13(8)21-14-11(16)6-10(7-18-14)15(19)20-3/h4-7H,1-3H3. The molecule has 21 heavy (non-hydrogen) atoms. The Hall–Kier alpha value is -1.59. The van der Waals surface area contributed by atoms with Crippen molar-refractivity contribution in [3.05, 3.63) is 50.6 Å². The van der Waals surface area contributed by atoms with Crippen molar-refractivity contribution < 1.29 is 14.3 Å². The average molecular weight is 371 g/mol. The van der Waals surface area contributed by atoms with Crippen LogP contribution in [0.1, 0.15) is 21.5 Å². The first-order chi connectivity index (χ1) is 9.93. The highest BCUT2D eigenvalue weighted by atomic mass is 79.9. The number of hydrogen-bond acceptors (Lipinski definition) is 4. The fourth-order valence-corrected chi connectivity index (χ4v) is 2.37. The van der Waals surface area contributed by atoms with Crippen LogP contribution in [0.25, 0.3) is 0 Å². The first-order valence-corrected chi connectivity index (χ1v) is 7.28. The van der Waals surface area contributed by atoms with Crippen molar-refractivity contribution in [2.45, 2.75) is 13.8 Å². The van der Waals surface area contributed by atoms with E-state index in [-0.39, 0.29) is 0 Å². The lowest BCUT2D eigenvalue weighted by atomic mass is 10.1. The number of esters is 1. The van der Waals surface area contributed by atoms with Gasteiger partial charge in [0.2, 0.25) is 5.88 Å². The second kappa shape index (κ2) is 6.45. The van der Waals surface area contributed by atoms with Gasteiger partial charge in [-0.15, -0.1) is 0 Å². The van der Waals surface area contributed by atoms with Crippen LogP contribution in [-0.4, -0.2) is 18.1 Å². The Kier molecular flexibility index (Phi) is 4.85. The molecular formula is C15H13BrClNO3. The van der Waals surface area contributed by atoms with Crippen molar-refractivity contribution in [3.63, 3.8) is 0 Å². The Balaban J connectivity index is 2.37. The molecule has 110 valence electrons. The largest absolute Gasteiger partial charge is 0.465 e. The van der Waals surface area contributed by atoms with E-state index in [2.05, 4.69) is 25.7 Å². The lowest BCUT2D eigenvalue weighted by Crippen LogP contribution is -2.03. The van der Waals surface area contributed by atoms with E-state index in [1.807, 2.05) is 26.0 Å². The monoisotopic (exact) mass is 369 g/mol. The Morgan fingerprint density at radius 1 is 1.33 bits per heavy atom. The van der Waals surface area contributed by atoms with E-state index in [1.165, 1.54) is 13.3 Å². The maximum atomic E-state index is 11.4. The predicted octanol–water partition coefficient (Wildman–Crippen LogP) is 4.69. The summed E-state index contributed by atoms with van der Waals surface area (Å²) in [7, 11) is 1.32. The third-order valence-corrected chi connectivity index (χ3v) is 3.94. The lowest BCUT2D eigenvalue weighted by Gasteiger charge is -2.13. The molecule has 0 aliphatic heterocycles. The van der Waals surface area contributed by atoms with Crippen LogP contribution in [0.4, 0.5) is 0 Å². The van der Waals surface area contributed by atoms with Gasteiger partial charge in [-0.2, -0.15) is 0 Å². The molecule has 0 unspecified atom stereocenters. The number of aryl methyl sites for hydroxylation is 1. The molecule has 1 aromatic carbocycles. The van der Waals surface area contributed by atoms with Gasteiger partial charge in [0.25, 0.3) is 0 Å². The number of benzene rings is 1. The van der Waals surface area contributed by atoms with E-state index in [0.29, 0.717) is 26.7 Å². The second-order valence-electron chi connectivity index (χ2n) is 4.42. The van der Waals surface area contributed by atoms with Crippen LogP contribution in [0.3, 0.4) is 0 Å². The van der Waals surface area contributed by atoms with Crippen LogP contribution in [0, 0.1) is 13.8 Å². The molecule has 0 bridgehead atoms. The highest BCUT2D eigenvalue weighted by Gasteiger charge is 2.14. The van der Waals surface area contributed by atoms with Crippen LogP contribution >= 0.6 is 27.5 Å². The summed E-state index contributed by atoms with van der Waals surface area (Å²) in [5.41, 5.74) is 2.13. The molecule has 0 amide bonds. The number of rotatable bonds is 3. The highest BCUT2D eigenvalue weighted by Crippen LogP contribution is 2.35. The number of carbonyl (C=O) groups excluding carboxylic acids is 1. The number of carbonyl (C=O) groups is 1. The normalized spacial score (nSPS) is 10.3. The highest BCUT2D eigenvalue weighted by molar-refractivity contribution is 9.10. The van der Waals surface area contributed by atoms with E-state index in [4.69, 9.17) is 16.3 Å². The van der Waals surface area contributed by atoms with E-state index in [0.717, 1.165) is 11.1 Å². The van der Waals surface area contributed by atoms with Crippen molar-refractivity contribution in [2.75, 3.05) is 7.11 Å². The molecule has 0 radical (unpaired) electrons. The van der Waals surface area contributed by atoms with Crippen LogP contribution in [-0.2, 0) is 4.74 Å². The Labute approximate surface area is 136 Å². The molecule has 0 N–H and O–H groups in total. The van der Waals surface area contributed by atoms with Gasteiger partial charge < -0.3 is 9.47 Å².